The van der Waals surface area contributed by atoms with Crippen LogP contribution in [0.2, 0.25) is 0 Å². The summed E-state index contributed by atoms with van der Waals surface area (Å²) in [6, 6.07) is 13.2. The Morgan fingerprint density at radius 1 is 1.14 bits per heavy atom. The third-order valence-electron chi connectivity index (χ3n) is 4.41. The fourth-order valence-electron chi connectivity index (χ4n) is 3.29. The van der Waals surface area contributed by atoms with Crippen molar-refractivity contribution >= 4 is 11.8 Å². The Hall–Kier alpha value is -2.42. The first kappa shape index (κ1) is 14.5. The number of carboxylic acid groups (broad SMARTS) is 1. The summed E-state index contributed by atoms with van der Waals surface area (Å²) in [7, 11) is 0. The molecule has 0 aliphatic heterocycles. The van der Waals surface area contributed by atoms with Crippen LogP contribution in [0.25, 0.3) is 0 Å². The minimum absolute atomic E-state index is 0.219. The van der Waals surface area contributed by atoms with E-state index in [2.05, 4.69) is 6.07 Å². The predicted molar refractivity (Wildman–Crippen MR) is 84.4 cm³/mol. The Morgan fingerprint density at radius 3 is 2.64 bits per heavy atom. The first-order valence-corrected chi connectivity index (χ1v) is 7.58. The van der Waals surface area contributed by atoms with Gasteiger partial charge in [0.15, 0.2) is 0 Å². The molecule has 0 radical (unpaired) electrons. The van der Waals surface area contributed by atoms with E-state index in [0.29, 0.717) is 12.8 Å². The van der Waals surface area contributed by atoms with Crippen LogP contribution in [0.5, 0.6) is 0 Å². The van der Waals surface area contributed by atoms with Crippen LogP contribution in [0.3, 0.4) is 0 Å². The molecule has 112 valence electrons. The summed E-state index contributed by atoms with van der Waals surface area (Å²) < 4.78 is 0. The highest BCUT2D eigenvalue weighted by atomic mass is 16.4. The second kappa shape index (κ2) is 5.76. The molecule has 3 heteroatoms. The van der Waals surface area contributed by atoms with Crippen LogP contribution in [-0.4, -0.2) is 16.9 Å². The van der Waals surface area contributed by atoms with Crippen molar-refractivity contribution in [2.45, 2.75) is 32.1 Å². The van der Waals surface area contributed by atoms with E-state index in [0.717, 1.165) is 23.1 Å². The highest BCUT2D eigenvalue weighted by Gasteiger charge is 2.30. The van der Waals surface area contributed by atoms with Gasteiger partial charge in [-0.1, -0.05) is 37.3 Å². The number of aryl methyl sites for hydroxylation is 2. The molecule has 0 saturated carbocycles. The Kier molecular flexibility index (Phi) is 3.80. The van der Waals surface area contributed by atoms with Crippen molar-refractivity contribution in [3.05, 3.63) is 70.3 Å². The fraction of sp³-hybridized carbons (Fsp3) is 0.263. The molecule has 3 nitrogen and oxygen atoms in total. The molecule has 0 amide bonds. The number of fused-ring (bicyclic) bond motifs is 1. The van der Waals surface area contributed by atoms with Crippen LogP contribution < -0.4 is 0 Å². The lowest BCUT2D eigenvalue weighted by molar-refractivity contribution is -0.120. The van der Waals surface area contributed by atoms with Crippen LogP contribution in [0.1, 0.15) is 51.9 Å². The van der Waals surface area contributed by atoms with Crippen LogP contribution in [0.15, 0.2) is 42.5 Å². The van der Waals surface area contributed by atoms with E-state index in [9.17, 15) is 9.59 Å². The zero-order valence-corrected chi connectivity index (χ0v) is 12.5. The molecular formula is C19H18O3. The molecule has 1 aliphatic rings. The summed E-state index contributed by atoms with van der Waals surface area (Å²) in [5.74, 6) is -0.976. The lowest BCUT2D eigenvalue weighted by atomic mass is 9.76. The van der Waals surface area contributed by atoms with Crippen molar-refractivity contribution in [2.75, 3.05) is 0 Å². The molecule has 3 rings (SSSR count). The molecule has 0 heterocycles. The number of Topliss-reactive ketones (excluding diaryl/α,β-unsaturated/α-hetero) is 1. The zero-order valence-electron chi connectivity index (χ0n) is 12.5. The molecule has 22 heavy (non-hydrogen) atoms. The number of ketones is 1. The maximum Gasteiger partial charge on any atom is 0.335 e. The van der Waals surface area contributed by atoms with Gasteiger partial charge in [-0.25, -0.2) is 4.79 Å². The van der Waals surface area contributed by atoms with Gasteiger partial charge in [-0.15, -0.1) is 0 Å². The number of hydrogen-bond donors (Lipinski definition) is 1. The number of carbonyl (C=O) groups excluding carboxylic acids is 1. The van der Waals surface area contributed by atoms with Gasteiger partial charge in [0.1, 0.15) is 5.78 Å². The van der Waals surface area contributed by atoms with Gasteiger partial charge in [-0.3, -0.25) is 4.79 Å². The molecule has 1 N–H and O–H groups in total. The average Bonchev–Trinajstić information content (AvgIpc) is 2.54. The minimum atomic E-state index is -0.934. The smallest absolute Gasteiger partial charge is 0.335 e. The molecule has 0 saturated heterocycles. The Morgan fingerprint density at radius 2 is 1.91 bits per heavy atom. The van der Waals surface area contributed by atoms with E-state index >= 15 is 0 Å². The van der Waals surface area contributed by atoms with E-state index in [-0.39, 0.29) is 17.3 Å². The van der Waals surface area contributed by atoms with Crippen LogP contribution in [0.4, 0.5) is 0 Å². The third kappa shape index (κ3) is 2.43. The number of rotatable bonds is 3. The molecule has 0 spiro atoms. The standard InChI is InChI=1S/C19H18O3/c1-2-12-11-14(19(21)22)7-9-16(12)18-15-6-4-3-5-13(15)8-10-17(18)20/h3-7,9,11,18H,2,8,10H2,1H3,(H,21,22). The number of aromatic carboxylic acids is 1. The number of carbonyl (C=O) groups is 2. The lowest BCUT2D eigenvalue weighted by Crippen LogP contribution is -2.22. The SMILES string of the molecule is CCc1cc(C(=O)O)ccc1C1C(=O)CCc2ccccc21. The minimum Gasteiger partial charge on any atom is -0.478 e. The number of hydrogen-bond acceptors (Lipinski definition) is 2. The molecule has 0 bridgehead atoms. The molecule has 2 aromatic rings. The van der Waals surface area contributed by atoms with E-state index in [1.807, 2.05) is 31.2 Å². The van der Waals surface area contributed by atoms with Gasteiger partial charge >= 0.3 is 5.97 Å². The summed E-state index contributed by atoms with van der Waals surface area (Å²) in [6.45, 7) is 1.99. The second-order valence-corrected chi connectivity index (χ2v) is 5.67. The molecule has 1 aliphatic carbocycles. The normalized spacial score (nSPS) is 17.1. The summed E-state index contributed by atoms with van der Waals surface area (Å²) >= 11 is 0. The summed E-state index contributed by atoms with van der Waals surface area (Å²) in [4.78, 5) is 23.7. The van der Waals surface area contributed by atoms with E-state index < -0.39 is 5.97 Å². The predicted octanol–water partition coefficient (Wildman–Crippen LogP) is 3.59. The van der Waals surface area contributed by atoms with Crippen molar-refractivity contribution in [2.24, 2.45) is 0 Å². The largest absolute Gasteiger partial charge is 0.478 e. The van der Waals surface area contributed by atoms with Gasteiger partial charge in [0.05, 0.1) is 11.5 Å². The first-order chi connectivity index (χ1) is 10.6. The Labute approximate surface area is 129 Å². The summed E-state index contributed by atoms with van der Waals surface area (Å²) in [5.41, 5.74) is 4.45. The third-order valence-corrected chi connectivity index (χ3v) is 4.41. The van der Waals surface area contributed by atoms with Gasteiger partial charge in [-0.2, -0.15) is 0 Å². The van der Waals surface area contributed by atoms with Crippen LogP contribution in [0, 0.1) is 0 Å². The molecule has 0 fully saturated rings. The van der Waals surface area contributed by atoms with Crippen molar-refractivity contribution in [1.82, 2.24) is 0 Å². The molecule has 2 aromatic carbocycles. The highest BCUT2D eigenvalue weighted by molar-refractivity contribution is 5.92. The van der Waals surface area contributed by atoms with E-state index in [1.54, 1.807) is 12.1 Å². The van der Waals surface area contributed by atoms with Crippen molar-refractivity contribution < 1.29 is 14.7 Å². The van der Waals surface area contributed by atoms with Gasteiger partial charge < -0.3 is 5.11 Å². The molecular weight excluding hydrogens is 276 g/mol. The first-order valence-electron chi connectivity index (χ1n) is 7.58. The average molecular weight is 294 g/mol. The quantitative estimate of drug-likeness (QED) is 0.941. The maximum atomic E-state index is 12.5. The molecule has 0 aromatic heterocycles. The van der Waals surface area contributed by atoms with Crippen LogP contribution >= 0.6 is 0 Å². The van der Waals surface area contributed by atoms with Crippen LogP contribution in [-0.2, 0) is 17.6 Å². The van der Waals surface area contributed by atoms with Gasteiger partial charge in [-0.05, 0) is 47.2 Å². The molecule has 1 unspecified atom stereocenters. The Bertz CT molecular complexity index is 746. The number of benzene rings is 2. The highest BCUT2D eigenvalue weighted by Crippen LogP contribution is 2.36. The zero-order chi connectivity index (χ0) is 15.7. The summed E-state index contributed by atoms with van der Waals surface area (Å²) in [5, 5.41) is 9.15. The lowest BCUT2D eigenvalue weighted by Gasteiger charge is -2.26. The monoisotopic (exact) mass is 294 g/mol. The Balaban J connectivity index is 2.14. The topological polar surface area (TPSA) is 54.4 Å². The van der Waals surface area contributed by atoms with E-state index in [4.69, 9.17) is 5.11 Å². The van der Waals surface area contributed by atoms with E-state index in [1.165, 1.54) is 5.56 Å². The van der Waals surface area contributed by atoms with Gasteiger partial charge in [0.25, 0.3) is 0 Å². The van der Waals surface area contributed by atoms with Gasteiger partial charge in [0.2, 0.25) is 0 Å². The van der Waals surface area contributed by atoms with Crippen molar-refractivity contribution in [1.29, 1.82) is 0 Å². The molecule has 1 atom stereocenters. The summed E-state index contributed by atoms with van der Waals surface area (Å²) in [6.07, 6.45) is 2.05. The second-order valence-electron chi connectivity index (χ2n) is 5.67. The van der Waals surface area contributed by atoms with Crippen molar-refractivity contribution in [3.8, 4) is 0 Å². The fourth-order valence-corrected chi connectivity index (χ4v) is 3.29. The van der Waals surface area contributed by atoms with Crippen molar-refractivity contribution in [3.63, 3.8) is 0 Å². The number of carboxylic acids is 1. The van der Waals surface area contributed by atoms with Gasteiger partial charge in [0, 0.05) is 6.42 Å². The maximum absolute atomic E-state index is 12.5.